The van der Waals surface area contributed by atoms with Crippen molar-refractivity contribution in [1.29, 1.82) is 0 Å². The Bertz CT molecular complexity index is 1110. The number of aromatic nitrogens is 2. The third kappa shape index (κ3) is 3.42. The van der Waals surface area contributed by atoms with Gasteiger partial charge < -0.3 is 14.8 Å². The van der Waals surface area contributed by atoms with Crippen LogP contribution < -0.4 is 10.2 Å². The second-order valence-corrected chi connectivity index (χ2v) is 6.95. The van der Waals surface area contributed by atoms with Crippen LogP contribution in [-0.4, -0.2) is 27.9 Å². The Morgan fingerprint density at radius 1 is 1.27 bits per heavy atom. The third-order valence-corrected chi connectivity index (χ3v) is 4.98. The molecule has 1 aliphatic heterocycles. The van der Waals surface area contributed by atoms with Crippen LogP contribution in [0.3, 0.4) is 0 Å². The van der Waals surface area contributed by atoms with Crippen molar-refractivity contribution in [3.63, 3.8) is 0 Å². The smallest absolute Gasteiger partial charge is 0.275 e. The van der Waals surface area contributed by atoms with Crippen LogP contribution in [0.25, 0.3) is 0 Å². The molecule has 3 heterocycles. The highest BCUT2D eigenvalue weighted by atomic mass is 19.3. The number of halogens is 3. The molecule has 2 aromatic heterocycles. The molecule has 0 unspecified atom stereocenters. The number of alkyl halides is 2. The lowest BCUT2D eigenvalue weighted by Crippen LogP contribution is -2.43. The molecule has 0 radical (unpaired) electrons. The van der Waals surface area contributed by atoms with Gasteiger partial charge in [0.1, 0.15) is 11.5 Å². The predicted molar refractivity (Wildman–Crippen MR) is 104 cm³/mol. The van der Waals surface area contributed by atoms with Gasteiger partial charge in [0.05, 0.1) is 23.0 Å². The van der Waals surface area contributed by atoms with Gasteiger partial charge in [-0.2, -0.15) is 0 Å². The average molecular weight is 414 g/mol. The Kier molecular flexibility index (Phi) is 5.03. The number of hydrogen-bond donors (Lipinski definition) is 1. The molecular weight excluding hydrogens is 397 g/mol. The molecule has 9 heteroatoms. The normalized spacial score (nSPS) is 16.0. The minimum Gasteiger partial charge on any atom is -0.338 e. The molecule has 1 N–H and O–H groups in total. The number of pyridine rings is 1. The number of nitrogens with zero attached hydrogens (tertiary/aromatic N) is 3. The molecule has 4 rings (SSSR count). The monoisotopic (exact) mass is 414 g/mol. The first-order valence-corrected chi connectivity index (χ1v) is 9.18. The zero-order chi connectivity index (χ0) is 21.4. The Morgan fingerprint density at radius 3 is 2.73 bits per heavy atom. The molecular formula is C21H17F3N4O2. The number of nitrogens with one attached hydrogen (secondary N) is 1. The van der Waals surface area contributed by atoms with Crippen LogP contribution >= 0.6 is 0 Å². The summed E-state index contributed by atoms with van der Waals surface area (Å²) in [5.74, 6) is -2.09. The molecule has 1 aliphatic rings. The summed E-state index contributed by atoms with van der Waals surface area (Å²) in [5, 5.41) is 2.68. The van der Waals surface area contributed by atoms with E-state index in [2.05, 4.69) is 10.3 Å². The summed E-state index contributed by atoms with van der Waals surface area (Å²) in [6, 6.07) is 7.82. The number of fused-ring (bicyclic) bond motifs is 1. The van der Waals surface area contributed by atoms with E-state index in [0.29, 0.717) is 5.69 Å². The number of hydrogen-bond acceptors (Lipinski definition) is 3. The van der Waals surface area contributed by atoms with Crippen molar-refractivity contribution in [3.8, 4) is 0 Å². The summed E-state index contributed by atoms with van der Waals surface area (Å²) in [4.78, 5) is 31.1. The molecule has 0 spiro atoms. The highest BCUT2D eigenvalue weighted by Crippen LogP contribution is 2.32. The molecule has 0 fully saturated rings. The van der Waals surface area contributed by atoms with E-state index < -0.39 is 29.6 Å². The van der Waals surface area contributed by atoms with E-state index in [0.717, 1.165) is 12.1 Å². The minimum absolute atomic E-state index is 0.147. The topological polar surface area (TPSA) is 67.2 Å². The second kappa shape index (κ2) is 7.66. The predicted octanol–water partition coefficient (Wildman–Crippen LogP) is 4.43. The SMILES string of the molecule is C[C@H]1CN(c2ccc(C(F)F)c(F)c2)C(=O)c2c(C(=O)Nc3cccnc3)ccn21. The summed E-state index contributed by atoms with van der Waals surface area (Å²) in [6.45, 7) is 2.05. The first-order valence-electron chi connectivity index (χ1n) is 9.18. The van der Waals surface area contributed by atoms with E-state index in [1.807, 2.05) is 6.92 Å². The molecule has 0 saturated heterocycles. The molecule has 3 aromatic rings. The molecule has 30 heavy (non-hydrogen) atoms. The Hall–Kier alpha value is -3.62. The van der Waals surface area contributed by atoms with Crippen LogP contribution in [0.15, 0.2) is 55.0 Å². The Morgan fingerprint density at radius 2 is 2.07 bits per heavy atom. The molecule has 0 aliphatic carbocycles. The standard InChI is InChI=1S/C21H17F3N4O2/c1-12-11-28(14-4-5-15(19(23)24)17(22)9-14)21(30)18-16(6-8-27(12)18)20(29)26-13-3-2-7-25-10-13/h2-10,12,19H,11H2,1H3,(H,26,29)/t12-/m0/s1. The van der Waals surface area contributed by atoms with Crippen molar-refractivity contribution in [2.75, 3.05) is 16.8 Å². The quantitative estimate of drug-likeness (QED) is 0.687. The van der Waals surface area contributed by atoms with Gasteiger partial charge >= 0.3 is 0 Å². The van der Waals surface area contributed by atoms with Crippen LogP contribution in [0.1, 0.15) is 45.8 Å². The summed E-state index contributed by atoms with van der Waals surface area (Å²) >= 11 is 0. The zero-order valence-corrected chi connectivity index (χ0v) is 15.8. The van der Waals surface area contributed by atoms with E-state index in [9.17, 15) is 22.8 Å². The highest BCUT2D eigenvalue weighted by molar-refractivity contribution is 6.16. The summed E-state index contributed by atoms with van der Waals surface area (Å²) in [6.07, 6.45) is 1.74. The van der Waals surface area contributed by atoms with E-state index in [-0.39, 0.29) is 29.5 Å². The van der Waals surface area contributed by atoms with Crippen LogP contribution in [0.5, 0.6) is 0 Å². The molecule has 1 aromatic carbocycles. The highest BCUT2D eigenvalue weighted by Gasteiger charge is 2.34. The number of carbonyl (C=O) groups excluding carboxylic acids is 2. The van der Waals surface area contributed by atoms with Gasteiger partial charge in [-0.3, -0.25) is 14.6 Å². The van der Waals surface area contributed by atoms with Gasteiger partial charge in [-0.25, -0.2) is 13.2 Å². The number of carbonyl (C=O) groups is 2. The summed E-state index contributed by atoms with van der Waals surface area (Å²) < 4.78 is 41.4. The second-order valence-electron chi connectivity index (χ2n) is 6.95. The van der Waals surface area contributed by atoms with Crippen LogP contribution in [0.2, 0.25) is 0 Å². The first kappa shape index (κ1) is 19.7. The summed E-state index contributed by atoms with van der Waals surface area (Å²) in [7, 11) is 0. The van der Waals surface area contributed by atoms with Crippen LogP contribution in [0, 0.1) is 5.82 Å². The fraction of sp³-hybridized carbons (Fsp3) is 0.190. The lowest BCUT2D eigenvalue weighted by molar-refractivity contribution is 0.0942. The maximum Gasteiger partial charge on any atom is 0.275 e. The number of rotatable bonds is 4. The van der Waals surface area contributed by atoms with E-state index in [1.54, 1.807) is 35.2 Å². The molecule has 154 valence electrons. The third-order valence-electron chi connectivity index (χ3n) is 4.98. The maximum absolute atomic E-state index is 14.1. The van der Waals surface area contributed by atoms with Crippen LogP contribution in [0.4, 0.5) is 24.5 Å². The molecule has 1 atom stereocenters. The van der Waals surface area contributed by atoms with E-state index in [1.165, 1.54) is 17.2 Å². The van der Waals surface area contributed by atoms with Gasteiger partial charge in [0.25, 0.3) is 18.2 Å². The van der Waals surface area contributed by atoms with Gasteiger partial charge in [0.15, 0.2) is 0 Å². The van der Waals surface area contributed by atoms with Crippen molar-refractivity contribution in [2.45, 2.75) is 19.4 Å². The van der Waals surface area contributed by atoms with Gasteiger partial charge in [-0.05, 0) is 43.3 Å². The fourth-order valence-corrected chi connectivity index (χ4v) is 3.51. The fourth-order valence-electron chi connectivity index (χ4n) is 3.51. The van der Waals surface area contributed by atoms with Crippen molar-refractivity contribution in [1.82, 2.24) is 9.55 Å². The van der Waals surface area contributed by atoms with E-state index in [4.69, 9.17) is 0 Å². The van der Waals surface area contributed by atoms with Gasteiger partial charge in [0, 0.05) is 30.7 Å². The van der Waals surface area contributed by atoms with Crippen molar-refractivity contribution >= 4 is 23.2 Å². The number of amides is 2. The molecule has 0 saturated carbocycles. The lowest BCUT2D eigenvalue weighted by atomic mass is 10.1. The minimum atomic E-state index is -2.95. The number of benzene rings is 1. The van der Waals surface area contributed by atoms with Gasteiger partial charge in [-0.1, -0.05) is 0 Å². The molecule has 0 bridgehead atoms. The Balaban J connectivity index is 1.68. The summed E-state index contributed by atoms with van der Waals surface area (Å²) in [5.41, 5.74) is 0.204. The number of anilines is 2. The van der Waals surface area contributed by atoms with Crippen molar-refractivity contribution in [3.05, 3.63) is 77.6 Å². The zero-order valence-electron chi connectivity index (χ0n) is 15.8. The largest absolute Gasteiger partial charge is 0.338 e. The molecule has 6 nitrogen and oxygen atoms in total. The van der Waals surface area contributed by atoms with Gasteiger partial charge in [0.2, 0.25) is 0 Å². The first-order chi connectivity index (χ1) is 14.4. The van der Waals surface area contributed by atoms with Crippen molar-refractivity contribution in [2.24, 2.45) is 0 Å². The Labute approximate surface area is 169 Å². The van der Waals surface area contributed by atoms with E-state index >= 15 is 0 Å². The molecule has 2 amide bonds. The van der Waals surface area contributed by atoms with Crippen LogP contribution in [-0.2, 0) is 0 Å². The maximum atomic E-state index is 14.1. The van der Waals surface area contributed by atoms with Gasteiger partial charge in [-0.15, -0.1) is 0 Å². The van der Waals surface area contributed by atoms with Crippen molar-refractivity contribution < 1.29 is 22.8 Å². The average Bonchev–Trinajstić information content (AvgIpc) is 3.17. The lowest BCUT2D eigenvalue weighted by Gasteiger charge is -2.33.